The van der Waals surface area contributed by atoms with Crippen LogP contribution in [-0.2, 0) is 4.79 Å². The van der Waals surface area contributed by atoms with Crippen LogP contribution < -0.4 is 11.1 Å². The summed E-state index contributed by atoms with van der Waals surface area (Å²) in [7, 11) is 0. The van der Waals surface area contributed by atoms with Gasteiger partial charge in [0.05, 0.1) is 11.5 Å². The number of anilines is 1. The van der Waals surface area contributed by atoms with E-state index in [0.29, 0.717) is 0 Å². The smallest absolute Gasteiger partial charge is 0.296 e. The first-order valence-electron chi connectivity index (χ1n) is 6.71. The van der Waals surface area contributed by atoms with Crippen LogP contribution in [0.3, 0.4) is 0 Å². The lowest BCUT2D eigenvalue weighted by atomic mass is 10.1. The molecule has 1 aliphatic heterocycles. The Kier molecular flexibility index (Phi) is 4.71. The van der Waals surface area contributed by atoms with E-state index in [2.05, 4.69) is 5.32 Å². The number of phenolic OH excluding ortho intramolecular Hbond substituents is 1. The first kappa shape index (κ1) is 15.2. The lowest BCUT2D eigenvalue weighted by Crippen LogP contribution is -2.43. The molecule has 0 unspecified atom stereocenters. The molecule has 0 spiro atoms. The van der Waals surface area contributed by atoms with E-state index in [-0.39, 0.29) is 29.7 Å². The Labute approximate surface area is 121 Å². The summed E-state index contributed by atoms with van der Waals surface area (Å²) in [5.41, 5.74) is 5.29. The van der Waals surface area contributed by atoms with Gasteiger partial charge in [-0.3, -0.25) is 19.8 Å². The predicted octanol–water partition coefficient (Wildman–Crippen LogP) is 0.662. The highest BCUT2D eigenvalue weighted by Gasteiger charge is 2.22. The quantitative estimate of drug-likeness (QED) is 0.426. The van der Waals surface area contributed by atoms with Gasteiger partial charge in [0, 0.05) is 25.2 Å². The van der Waals surface area contributed by atoms with Crippen molar-refractivity contribution in [1.82, 2.24) is 4.90 Å². The number of amides is 1. The Balaban J connectivity index is 2.01. The Morgan fingerprint density at radius 3 is 2.76 bits per heavy atom. The molecule has 1 saturated heterocycles. The molecule has 0 radical (unpaired) electrons. The number of nitro benzene ring substituents is 1. The van der Waals surface area contributed by atoms with E-state index in [4.69, 9.17) is 5.73 Å². The van der Waals surface area contributed by atoms with Crippen LogP contribution in [0.4, 0.5) is 11.4 Å². The van der Waals surface area contributed by atoms with Gasteiger partial charge in [-0.15, -0.1) is 0 Å². The van der Waals surface area contributed by atoms with Crippen LogP contribution >= 0.6 is 0 Å². The van der Waals surface area contributed by atoms with Gasteiger partial charge in [0.2, 0.25) is 5.91 Å². The average Bonchev–Trinajstić information content (AvgIpc) is 2.43. The van der Waals surface area contributed by atoms with Crippen molar-refractivity contribution < 1.29 is 14.8 Å². The van der Waals surface area contributed by atoms with Crippen LogP contribution in [-0.4, -0.2) is 46.5 Å². The van der Waals surface area contributed by atoms with E-state index in [9.17, 15) is 20.0 Å². The molecule has 0 saturated carbocycles. The van der Waals surface area contributed by atoms with Gasteiger partial charge in [0.1, 0.15) is 5.75 Å². The van der Waals surface area contributed by atoms with Gasteiger partial charge in [-0.1, -0.05) is 6.07 Å². The van der Waals surface area contributed by atoms with Crippen molar-refractivity contribution in [3.8, 4) is 5.75 Å². The van der Waals surface area contributed by atoms with E-state index >= 15 is 0 Å². The zero-order valence-electron chi connectivity index (χ0n) is 11.5. The van der Waals surface area contributed by atoms with Crippen LogP contribution in [0.15, 0.2) is 18.2 Å². The SMILES string of the molecule is NC1CCN(CC(=O)Nc2c(O)cccc2[N+](=O)[O-])CC1. The summed E-state index contributed by atoms with van der Waals surface area (Å²) in [6, 6.07) is 4.05. The van der Waals surface area contributed by atoms with Gasteiger partial charge in [-0.2, -0.15) is 0 Å². The maximum absolute atomic E-state index is 12.0. The Bertz CT molecular complexity index is 541. The minimum Gasteiger partial charge on any atom is -0.505 e. The van der Waals surface area contributed by atoms with Crippen molar-refractivity contribution in [2.45, 2.75) is 18.9 Å². The number of nitrogens with zero attached hydrogens (tertiary/aromatic N) is 2. The maximum Gasteiger partial charge on any atom is 0.296 e. The number of piperidine rings is 1. The van der Waals surface area contributed by atoms with Gasteiger partial charge in [-0.25, -0.2) is 0 Å². The average molecular weight is 294 g/mol. The number of nitrogens with one attached hydrogen (secondary N) is 1. The van der Waals surface area contributed by atoms with E-state index in [1.54, 1.807) is 0 Å². The molecule has 2 rings (SSSR count). The lowest BCUT2D eigenvalue weighted by Gasteiger charge is -2.29. The van der Waals surface area contributed by atoms with Gasteiger partial charge in [-0.05, 0) is 18.9 Å². The second-order valence-corrected chi connectivity index (χ2v) is 5.09. The lowest BCUT2D eigenvalue weighted by molar-refractivity contribution is -0.384. The van der Waals surface area contributed by atoms with Crippen molar-refractivity contribution in [1.29, 1.82) is 0 Å². The standard InChI is InChI=1S/C13H18N4O4/c14-9-4-6-16(7-5-9)8-12(19)15-13-10(17(20)21)2-1-3-11(13)18/h1-3,9,18H,4-8,14H2,(H,15,19). The van der Waals surface area contributed by atoms with E-state index in [0.717, 1.165) is 25.9 Å². The molecule has 114 valence electrons. The molecule has 21 heavy (non-hydrogen) atoms. The number of benzene rings is 1. The second kappa shape index (κ2) is 6.51. The fraction of sp³-hybridized carbons (Fsp3) is 0.462. The third kappa shape index (κ3) is 3.89. The van der Waals surface area contributed by atoms with Crippen LogP contribution in [0.5, 0.6) is 5.75 Å². The van der Waals surface area contributed by atoms with Crippen molar-refractivity contribution >= 4 is 17.3 Å². The zero-order valence-corrected chi connectivity index (χ0v) is 11.5. The highest BCUT2D eigenvalue weighted by atomic mass is 16.6. The molecule has 0 bridgehead atoms. The van der Waals surface area contributed by atoms with Gasteiger partial charge < -0.3 is 16.2 Å². The molecule has 1 heterocycles. The summed E-state index contributed by atoms with van der Waals surface area (Å²) in [5.74, 6) is -0.715. The van der Waals surface area contributed by atoms with E-state index < -0.39 is 10.8 Å². The van der Waals surface area contributed by atoms with Crippen LogP contribution in [0.2, 0.25) is 0 Å². The van der Waals surface area contributed by atoms with Gasteiger partial charge in [0.15, 0.2) is 5.69 Å². The molecular weight excluding hydrogens is 276 g/mol. The first-order chi connectivity index (χ1) is 9.97. The maximum atomic E-state index is 12.0. The van der Waals surface area contributed by atoms with Crippen LogP contribution in [0.1, 0.15) is 12.8 Å². The zero-order chi connectivity index (χ0) is 15.4. The fourth-order valence-electron chi connectivity index (χ4n) is 2.30. The Hall–Kier alpha value is -2.19. The third-order valence-electron chi connectivity index (χ3n) is 3.48. The minimum absolute atomic E-state index is 0.123. The minimum atomic E-state index is -0.644. The topological polar surface area (TPSA) is 122 Å². The molecule has 1 aliphatic rings. The molecule has 1 aromatic rings. The number of rotatable bonds is 4. The number of nitrogens with two attached hydrogens (primary N) is 1. The summed E-state index contributed by atoms with van der Waals surface area (Å²) < 4.78 is 0. The fourth-order valence-corrected chi connectivity index (χ4v) is 2.30. The molecule has 1 aromatic carbocycles. The number of carbonyl (C=O) groups is 1. The highest BCUT2D eigenvalue weighted by molar-refractivity contribution is 5.96. The molecule has 0 atom stereocenters. The molecule has 0 aliphatic carbocycles. The number of phenols is 1. The molecule has 4 N–H and O–H groups in total. The summed E-state index contributed by atoms with van der Waals surface area (Å²) in [5, 5.41) is 23.0. The van der Waals surface area contributed by atoms with Crippen LogP contribution in [0, 0.1) is 10.1 Å². The third-order valence-corrected chi connectivity index (χ3v) is 3.48. The van der Waals surface area contributed by atoms with Gasteiger partial charge >= 0.3 is 0 Å². The van der Waals surface area contributed by atoms with Crippen LogP contribution in [0.25, 0.3) is 0 Å². The number of hydrogen-bond acceptors (Lipinski definition) is 6. The molecule has 1 amide bonds. The van der Waals surface area contributed by atoms with Crippen molar-refractivity contribution in [3.63, 3.8) is 0 Å². The normalized spacial score (nSPS) is 16.6. The second-order valence-electron chi connectivity index (χ2n) is 5.09. The van der Waals surface area contributed by atoms with E-state index in [1.807, 2.05) is 4.90 Å². The van der Waals surface area contributed by atoms with E-state index in [1.165, 1.54) is 18.2 Å². The number of likely N-dealkylation sites (tertiary alicyclic amines) is 1. The van der Waals surface area contributed by atoms with Crippen molar-refractivity contribution in [2.75, 3.05) is 25.0 Å². The highest BCUT2D eigenvalue weighted by Crippen LogP contribution is 2.32. The number of nitro groups is 1. The molecular formula is C13H18N4O4. The number of carbonyl (C=O) groups excluding carboxylic acids is 1. The summed E-state index contributed by atoms with van der Waals surface area (Å²) >= 11 is 0. The summed E-state index contributed by atoms with van der Waals surface area (Å²) in [6.45, 7) is 1.56. The Morgan fingerprint density at radius 2 is 2.14 bits per heavy atom. The molecule has 8 heteroatoms. The number of para-hydroxylation sites is 1. The van der Waals surface area contributed by atoms with Crippen molar-refractivity contribution in [3.05, 3.63) is 28.3 Å². The largest absolute Gasteiger partial charge is 0.505 e. The summed E-state index contributed by atoms with van der Waals surface area (Å²) in [6.07, 6.45) is 1.65. The first-order valence-corrected chi connectivity index (χ1v) is 6.71. The number of aromatic hydroxyl groups is 1. The monoisotopic (exact) mass is 294 g/mol. The molecule has 0 aromatic heterocycles. The van der Waals surface area contributed by atoms with Gasteiger partial charge in [0.25, 0.3) is 5.69 Å². The predicted molar refractivity (Wildman–Crippen MR) is 77.0 cm³/mol. The summed E-state index contributed by atoms with van der Waals surface area (Å²) in [4.78, 5) is 24.2. The number of hydrogen-bond donors (Lipinski definition) is 3. The Morgan fingerprint density at radius 1 is 1.48 bits per heavy atom. The molecule has 8 nitrogen and oxygen atoms in total. The van der Waals surface area contributed by atoms with Crippen molar-refractivity contribution in [2.24, 2.45) is 5.73 Å². The molecule has 1 fully saturated rings.